The smallest absolute Gasteiger partial charge is 0.271 e. The Morgan fingerprint density at radius 1 is 0.862 bits per heavy atom. The first kappa shape index (κ1) is 18.4. The Kier molecular flexibility index (Phi) is 5.29. The van der Waals surface area contributed by atoms with Crippen LogP contribution in [0.15, 0.2) is 101 Å². The maximum absolute atomic E-state index is 12.3. The van der Waals surface area contributed by atoms with Gasteiger partial charge in [0.1, 0.15) is 0 Å². The van der Waals surface area contributed by atoms with Crippen LogP contribution in [0.1, 0.15) is 11.1 Å². The predicted molar refractivity (Wildman–Crippen MR) is 118 cm³/mol. The fraction of sp³-hybridized carbons (Fsp3) is 0.0417. The van der Waals surface area contributed by atoms with Crippen molar-refractivity contribution in [1.29, 1.82) is 0 Å². The number of hydrogen-bond donors (Lipinski definition) is 1. The second-order valence-electron chi connectivity index (χ2n) is 6.66. The second kappa shape index (κ2) is 8.35. The lowest BCUT2D eigenvalue weighted by Crippen LogP contribution is -2.20. The highest BCUT2D eigenvalue weighted by atomic mass is 16.1. The molecule has 0 unspecified atom stereocenters. The lowest BCUT2D eigenvalue weighted by molar-refractivity contribution is 0.812. The standard InChI is InChI=1S/C24H20N4O/c1-18-7-11-21(12-8-18)26-25-17-19-9-13-22(14-10-19)28-24(29)16-15-23(27-28)20-5-3-2-4-6-20/h2-17,26H,1H3/b25-17+. The molecule has 1 heterocycles. The van der Waals surface area contributed by atoms with Gasteiger partial charge in [-0.25, -0.2) is 0 Å². The number of anilines is 1. The van der Waals surface area contributed by atoms with Gasteiger partial charge in [0.25, 0.3) is 5.56 Å². The van der Waals surface area contributed by atoms with Crippen LogP contribution in [0.5, 0.6) is 0 Å². The lowest BCUT2D eigenvalue weighted by atomic mass is 10.1. The Labute approximate surface area is 169 Å². The number of nitrogens with one attached hydrogen (secondary N) is 1. The van der Waals surface area contributed by atoms with Crippen molar-refractivity contribution in [3.05, 3.63) is 112 Å². The molecule has 0 aliphatic heterocycles. The van der Waals surface area contributed by atoms with Crippen LogP contribution in [-0.2, 0) is 0 Å². The van der Waals surface area contributed by atoms with Crippen molar-refractivity contribution in [3.8, 4) is 16.9 Å². The van der Waals surface area contributed by atoms with E-state index in [1.165, 1.54) is 16.3 Å². The quantitative estimate of drug-likeness (QED) is 0.405. The van der Waals surface area contributed by atoms with Crippen molar-refractivity contribution < 1.29 is 0 Å². The van der Waals surface area contributed by atoms with E-state index in [9.17, 15) is 4.79 Å². The maximum Gasteiger partial charge on any atom is 0.271 e. The molecule has 142 valence electrons. The third kappa shape index (κ3) is 4.47. The molecule has 0 saturated carbocycles. The van der Waals surface area contributed by atoms with E-state index in [0.717, 1.165) is 22.5 Å². The topological polar surface area (TPSA) is 59.3 Å². The van der Waals surface area contributed by atoms with Gasteiger partial charge in [-0.15, -0.1) is 0 Å². The highest BCUT2D eigenvalue weighted by Gasteiger charge is 2.05. The predicted octanol–water partition coefficient (Wildman–Crippen LogP) is 4.65. The molecule has 0 bridgehead atoms. The van der Waals surface area contributed by atoms with E-state index in [1.807, 2.05) is 85.8 Å². The van der Waals surface area contributed by atoms with Crippen LogP contribution in [0.3, 0.4) is 0 Å². The van der Waals surface area contributed by atoms with E-state index in [1.54, 1.807) is 12.3 Å². The Morgan fingerprint density at radius 2 is 1.59 bits per heavy atom. The zero-order valence-electron chi connectivity index (χ0n) is 16.0. The molecule has 5 nitrogen and oxygen atoms in total. The summed E-state index contributed by atoms with van der Waals surface area (Å²) in [5, 5.41) is 8.77. The van der Waals surface area contributed by atoms with E-state index < -0.39 is 0 Å². The molecule has 5 heteroatoms. The number of aromatic nitrogens is 2. The molecule has 0 saturated heterocycles. The molecule has 0 spiro atoms. The zero-order chi connectivity index (χ0) is 20.1. The zero-order valence-corrected chi connectivity index (χ0v) is 16.0. The molecular formula is C24H20N4O. The molecule has 4 rings (SSSR count). The Balaban J connectivity index is 1.52. The van der Waals surface area contributed by atoms with Crippen molar-refractivity contribution in [2.45, 2.75) is 6.92 Å². The monoisotopic (exact) mass is 380 g/mol. The molecule has 0 amide bonds. The van der Waals surface area contributed by atoms with Gasteiger partial charge in [-0.05, 0) is 42.8 Å². The van der Waals surface area contributed by atoms with Gasteiger partial charge < -0.3 is 0 Å². The third-order valence-corrected chi connectivity index (χ3v) is 4.47. The summed E-state index contributed by atoms with van der Waals surface area (Å²) in [5.41, 5.74) is 8.30. The fourth-order valence-electron chi connectivity index (χ4n) is 2.87. The molecular weight excluding hydrogens is 360 g/mol. The van der Waals surface area contributed by atoms with Crippen LogP contribution < -0.4 is 11.0 Å². The molecule has 29 heavy (non-hydrogen) atoms. The SMILES string of the molecule is Cc1ccc(N/N=C/c2ccc(-n3nc(-c4ccccc4)ccc3=O)cc2)cc1. The number of rotatable bonds is 5. The van der Waals surface area contributed by atoms with E-state index in [4.69, 9.17) is 0 Å². The number of benzene rings is 3. The number of aryl methyl sites for hydroxylation is 1. The normalized spacial score (nSPS) is 10.9. The molecule has 3 aromatic carbocycles. The minimum absolute atomic E-state index is 0.174. The van der Waals surface area contributed by atoms with Gasteiger partial charge in [0.2, 0.25) is 0 Å². The van der Waals surface area contributed by atoms with Gasteiger partial charge in [-0.3, -0.25) is 10.2 Å². The highest BCUT2D eigenvalue weighted by Crippen LogP contribution is 2.15. The average molecular weight is 380 g/mol. The molecule has 4 aromatic rings. The summed E-state index contributed by atoms with van der Waals surface area (Å²) in [4.78, 5) is 12.3. The van der Waals surface area contributed by atoms with Crippen LogP contribution in [0.2, 0.25) is 0 Å². The van der Waals surface area contributed by atoms with Gasteiger partial charge in [-0.2, -0.15) is 14.9 Å². The van der Waals surface area contributed by atoms with Crippen LogP contribution in [0, 0.1) is 6.92 Å². The fourth-order valence-corrected chi connectivity index (χ4v) is 2.87. The van der Waals surface area contributed by atoms with E-state index in [-0.39, 0.29) is 5.56 Å². The second-order valence-corrected chi connectivity index (χ2v) is 6.66. The van der Waals surface area contributed by atoms with Gasteiger partial charge in [0.15, 0.2) is 0 Å². The number of nitrogens with zero attached hydrogens (tertiary/aromatic N) is 3. The minimum Gasteiger partial charge on any atom is -0.279 e. The first-order valence-corrected chi connectivity index (χ1v) is 9.31. The average Bonchev–Trinajstić information content (AvgIpc) is 2.77. The Hall–Kier alpha value is -3.99. The molecule has 1 N–H and O–H groups in total. The van der Waals surface area contributed by atoms with Crippen molar-refractivity contribution in [3.63, 3.8) is 0 Å². The van der Waals surface area contributed by atoms with Crippen LogP contribution in [0.4, 0.5) is 5.69 Å². The molecule has 0 radical (unpaired) electrons. The van der Waals surface area contributed by atoms with E-state index in [2.05, 4.69) is 15.6 Å². The number of hydrazone groups is 1. The summed E-state index contributed by atoms with van der Waals surface area (Å²) in [5.74, 6) is 0. The molecule has 0 fully saturated rings. The van der Waals surface area contributed by atoms with Gasteiger partial charge in [0.05, 0.1) is 23.3 Å². The highest BCUT2D eigenvalue weighted by molar-refractivity contribution is 5.80. The third-order valence-electron chi connectivity index (χ3n) is 4.47. The van der Waals surface area contributed by atoms with E-state index in [0.29, 0.717) is 5.69 Å². The Bertz CT molecular complexity index is 1180. The summed E-state index contributed by atoms with van der Waals surface area (Å²) >= 11 is 0. The summed E-state index contributed by atoms with van der Waals surface area (Å²) < 4.78 is 1.41. The van der Waals surface area contributed by atoms with Crippen molar-refractivity contribution >= 4 is 11.9 Å². The maximum atomic E-state index is 12.3. The summed E-state index contributed by atoms with van der Waals surface area (Å²) in [6.07, 6.45) is 1.74. The summed E-state index contributed by atoms with van der Waals surface area (Å²) in [7, 11) is 0. The molecule has 0 atom stereocenters. The van der Waals surface area contributed by atoms with Crippen molar-refractivity contribution in [2.75, 3.05) is 5.43 Å². The van der Waals surface area contributed by atoms with Crippen LogP contribution in [-0.4, -0.2) is 16.0 Å². The van der Waals surface area contributed by atoms with Gasteiger partial charge in [0, 0.05) is 11.6 Å². The van der Waals surface area contributed by atoms with Crippen LogP contribution in [0.25, 0.3) is 16.9 Å². The first-order chi connectivity index (χ1) is 14.2. The van der Waals surface area contributed by atoms with Gasteiger partial charge >= 0.3 is 0 Å². The Morgan fingerprint density at radius 3 is 2.31 bits per heavy atom. The molecule has 1 aromatic heterocycles. The molecule has 0 aliphatic rings. The van der Waals surface area contributed by atoms with Crippen LogP contribution >= 0.6 is 0 Å². The number of hydrogen-bond acceptors (Lipinski definition) is 4. The minimum atomic E-state index is -0.174. The molecule has 0 aliphatic carbocycles. The van der Waals surface area contributed by atoms with Crippen molar-refractivity contribution in [1.82, 2.24) is 9.78 Å². The van der Waals surface area contributed by atoms with Crippen molar-refractivity contribution in [2.24, 2.45) is 5.10 Å². The lowest BCUT2D eigenvalue weighted by Gasteiger charge is -2.07. The van der Waals surface area contributed by atoms with E-state index >= 15 is 0 Å². The summed E-state index contributed by atoms with van der Waals surface area (Å²) in [6, 6.07) is 28.6. The summed E-state index contributed by atoms with van der Waals surface area (Å²) in [6.45, 7) is 2.05. The van der Waals surface area contributed by atoms with Gasteiger partial charge in [-0.1, -0.05) is 60.2 Å². The first-order valence-electron chi connectivity index (χ1n) is 9.31. The largest absolute Gasteiger partial charge is 0.279 e.